The molecule has 0 fully saturated rings. The van der Waals surface area contributed by atoms with E-state index in [-0.39, 0.29) is 18.0 Å². The van der Waals surface area contributed by atoms with E-state index in [1.165, 1.54) is 17.4 Å². The van der Waals surface area contributed by atoms with Crippen LogP contribution >= 0.6 is 11.3 Å². The maximum absolute atomic E-state index is 10.9. The Balaban J connectivity index is 2.37. The third-order valence-electron chi connectivity index (χ3n) is 2.38. The lowest BCUT2D eigenvalue weighted by Gasteiger charge is -2.06. The highest BCUT2D eigenvalue weighted by Gasteiger charge is 2.17. The number of nitro benzene ring substituents is 1. The van der Waals surface area contributed by atoms with Crippen molar-refractivity contribution in [2.24, 2.45) is 0 Å². The van der Waals surface area contributed by atoms with Gasteiger partial charge in [0.15, 0.2) is 0 Å². The summed E-state index contributed by atoms with van der Waals surface area (Å²) in [6, 6.07) is 6.44. The fraction of sp³-hybridized carbons (Fsp3) is 0.167. The maximum atomic E-state index is 10.9. The van der Waals surface area contributed by atoms with E-state index in [2.05, 4.69) is 0 Å². The lowest BCUT2D eigenvalue weighted by Crippen LogP contribution is -1.94. The Morgan fingerprint density at radius 2 is 2.17 bits per heavy atom. The third kappa shape index (κ3) is 2.49. The molecule has 1 N–H and O–H groups in total. The number of aliphatic hydroxyl groups excluding tert-OH is 1. The van der Waals surface area contributed by atoms with Crippen molar-refractivity contribution >= 4 is 17.0 Å². The van der Waals surface area contributed by atoms with E-state index in [1.54, 1.807) is 30.5 Å². The zero-order chi connectivity index (χ0) is 13.1. The average molecular weight is 265 g/mol. The fourth-order valence-electron chi connectivity index (χ4n) is 1.51. The van der Waals surface area contributed by atoms with Gasteiger partial charge in [0, 0.05) is 6.07 Å². The van der Waals surface area contributed by atoms with Gasteiger partial charge in [-0.25, -0.2) is 0 Å². The van der Waals surface area contributed by atoms with Gasteiger partial charge in [-0.3, -0.25) is 10.1 Å². The summed E-state index contributed by atoms with van der Waals surface area (Å²) in [6.07, 6.45) is 0. The molecule has 0 saturated heterocycles. The van der Waals surface area contributed by atoms with Crippen molar-refractivity contribution in [1.82, 2.24) is 0 Å². The van der Waals surface area contributed by atoms with Gasteiger partial charge in [0.2, 0.25) is 5.75 Å². The number of rotatable bonds is 4. The van der Waals surface area contributed by atoms with Crippen LogP contribution in [0.15, 0.2) is 29.6 Å². The number of benzene rings is 1. The molecule has 0 aliphatic heterocycles. The molecule has 0 saturated carbocycles. The Kier molecular flexibility index (Phi) is 3.59. The molecule has 1 aromatic heterocycles. The van der Waals surface area contributed by atoms with Gasteiger partial charge in [-0.05, 0) is 30.0 Å². The summed E-state index contributed by atoms with van der Waals surface area (Å²) in [5.74, 6) is 0.633. The Morgan fingerprint density at radius 3 is 2.83 bits per heavy atom. The lowest BCUT2D eigenvalue weighted by molar-refractivity contribution is -0.385. The maximum Gasteiger partial charge on any atom is 0.311 e. The highest BCUT2D eigenvalue weighted by Crippen LogP contribution is 2.35. The molecule has 0 radical (unpaired) electrons. The summed E-state index contributed by atoms with van der Waals surface area (Å²) in [4.78, 5) is 11.1. The zero-order valence-electron chi connectivity index (χ0n) is 9.62. The summed E-state index contributed by atoms with van der Waals surface area (Å²) >= 11 is 1.34. The summed E-state index contributed by atoms with van der Waals surface area (Å²) in [7, 11) is 0. The van der Waals surface area contributed by atoms with E-state index < -0.39 is 4.92 Å². The second kappa shape index (κ2) is 5.16. The van der Waals surface area contributed by atoms with Crippen LogP contribution in [0.25, 0.3) is 0 Å². The second-order valence-electron chi connectivity index (χ2n) is 3.70. The van der Waals surface area contributed by atoms with Gasteiger partial charge in [0.25, 0.3) is 0 Å². The molecule has 0 aliphatic carbocycles. The van der Waals surface area contributed by atoms with Gasteiger partial charge in [0.05, 0.1) is 16.4 Å². The largest absolute Gasteiger partial charge is 0.449 e. The van der Waals surface area contributed by atoms with Gasteiger partial charge in [-0.1, -0.05) is 6.07 Å². The zero-order valence-corrected chi connectivity index (χ0v) is 10.4. The molecule has 5 nitrogen and oxygen atoms in total. The molecule has 2 aromatic rings. The van der Waals surface area contributed by atoms with E-state index in [4.69, 9.17) is 9.84 Å². The molecule has 94 valence electrons. The first-order valence-corrected chi connectivity index (χ1v) is 6.10. The Bertz CT molecular complexity index is 579. The Morgan fingerprint density at radius 1 is 1.39 bits per heavy atom. The molecule has 0 aliphatic rings. The van der Waals surface area contributed by atoms with Gasteiger partial charge in [-0.15, -0.1) is 11.3 Å². The van der Waals surface area contributed by atoms with Crippen LogP contribution in [0.2, 0.25) is 0 Å². The second-order valence-corrected chi connectivity index (χ2v) is 4.70. The molecule has 6 heteroatoms. The number of aliphatic hydroxyl groups is 1. The van der Waals surface area contributed by atoms with Crippen molar-refractivity contribution in [2.75, 3.05) is 0 Å². The average Bonchev–Trinajstić information content (AvgIpc) is 2.78. The van der Waals surface area contributed by atoms with E-state index >= 15 is 0 Å². The van der Waals surface area contributed by atoms with Crippen LogP contribution < -0.4 is 4.74 Å². The number of hydrogen-bond acceptors (Lipinski definition) is 5. The number of ether oxygens (including phenoxy) is 1. The molecule has 0 atom stereocenters. The quantitative estimate of drug-likeness (QED) is 0.680. The minimum Gasteiger partial charge on any atom is -0.449 e. The summed E-state index contributed by atoms with van der Waals surface area (Å²) in [6.45, 7) is 1.63. The monoisotopic (exact) mass is 265 g/mol. The molecule has 1 heterocycles. The van der Waals surface area contributed by atoms with Gasteiger partial charge in [-0.2, -0.15) is 0 Å². The standard InChI is InChI=1S/C12H11NO4S/c1-8-2-3-10(9(6-8)13(15)16)17-11-4-5-18-12(11)7-14/h2-6,14H,7H2,1H3. The predicted molar refractivity (Wildman–Crippen MR) is 68.1 cm³/mol. The predicted octanol–water partition coefficient (Wildman–Crippen LogP) is 3.25. The first-order valence-electron chi connectivity index (χ1n) is 5.22. The van der Waals surface area contributed by atoms with Crippen LogP contribution in [0.4, 0.5) is 5.69 Å². The molecular formula is C12H11NO4S. The van der Waals surface area contributed by atoms with E-state index in [9.17, 15) is 10.1 Å². The van der Waals surface area contributed by atoms with Crippen molar-refractivity contribution in [3.8, 4) is 11.5 Å². The lowest BCUT2D eigenvalue weighted by atomic mass is 10.2. The van der Waals surface area contributed by atoms with Crippen molar-refractivity contribution in [3.63, 3.8) is 0 Å². The van der Waals surface area contributed by atoms with Crippen LogP contribution in [-0.4, -0.2) is 10.0 Å². The highest BCUT2D eigenvalue weighted by atomic mass is 32.1. The highest BCUT2D eigenvalue weighted by molar-refractivity contribution is 7.10. The van der Waals surface area contributed by atoms with Crippen molar-refractivity contribution < 1.29 is 14.8 Å². The summed E-state index contributed by atoms with van der Waals surface area (Å²) < 4.78 is 5.50. The minimum absolute atomic E-state index is 0.0786. The van der Waals surface area contributed by atoms with Crippen LogP contribution in [0.1, 0.15) is 10.4 Å². The Labute approximate surface area is 107 Å². The number of aryl methyl sites for hydroxylation is 1. The Hall–Kier alpha value is -1.92. The number of thiophene rings is 1. The van der Waals surface area contributed by atoms with Gasteiger partial charge < -0.3 is 9.84 Å². The molecule has 0 bridgehead atoms. The van der Waals surface area contributed by atoms with Crippen LogP contribution in [0, 0.1) is 17.0 Å². The summed E-state index contributed by atoms with van der Waals surface area (Å²) in [5.41, 5.74) is 0.715. The number of nitro groups is 1. The fourth-order valence-corrected chi connectivity index (χ4v) is 2.17. The van der Waals surface area contributed by atoms with Gasteiger partial charge >= 0.3 is 5.69 Å². The number of nitrogens with zero attached hydrogens (tertiary/aromatic N) is 1. The summed E-state index contributed by atoms with van der Waals surface area (Å²) in [5, 5.41) is 21.8. The molecular weight excluding hydrogens is 254 g/mol. The topological polar surface area (TPSA) is 72.6 Å². The first kappa shape index (κ1) is 12.5. The van der Waals surface area contributed by atoms with E-state index in [0.717, 1.165) is 5.56 Å². The van der Waals surface area contributed by atoms with Crippen LogP contribution in [-0.2, 0) is 6.61 Å². The molecule has 2 rings (SSSR count). The third-order valence-corrected chi connectivity index (χ3v) is 3.27. The van der Waals surface area contributed by atoms with E-state index in [0.29, 0.717) is 10.6 Å². The van der Waals surface area contributed by atoms with Crippen LogP contribution in [0.5, 0.6) is 11.5 Å². The SMILES string of the molecule is Cc1ccc(Oc2ccsc2CO)c([N+](=O)[O-])c1. The minimum atomic E-state index is -0.479. The van der Waals surface area contributed by atoms with Crippen molar-refractivity contribution in [3.05, 3.63) is 50.2 Å². The molecule has 1 aromatic carbocycles. The first-order chi connectivity index (χ1) is 8.61. The molecule has 0 unspecified atom stereocenters. The molecule has 0 amide bonds. The number of hydrogen-bond donors (Lipinski definition) is 1. The van der Waals surface area contributed by atoms with Crippen LogP contribution in [0.3, 0.4) is 0 Å². The van der Waals surface area contributed by atoms with E-state index in [1.807, 2.05) is 0 Å². The van der Waals surface area contributed by atoms with Crippen molar-refractivity contribution in [1.29, 1.82) is 0 Å². The van der Waals surface area contributed by atoms with Gasteiger partial charge in [0.1, 0.15) is 5.75 Å². The molecule has 0 spiro atoms. The smallest absolute Gasteiger partial charge is 0.311 e. The molecule has 18 heavy (non-hydrogen) atoms. The van der Waals surface area contributed by atoms with Crippen molar-refractivity contribution in [2.45, 2.75) is 13.5 Å². The normalized spacial score (nSPS) is 10.3.